The molecule has 2 saturated heterocycles. The molecule has 6 heteroatoms. The number of carbonyl (C=O) groups excluding carboxylic acids is 2. The monoisotopic (exact) mass is 534 g/mol. The molecule has 218 valence electrons. The Morgan fingerprint density at radius 3 is 1.29 bits per heavy atom. The van der Waals surface area contributed by atoms with Crippen molar-refractivity contribution in [2.24, 2.45) is 21.7 Å². The second kappa shape index (κ2) is 8.68. The summed E-state index contributed by atoms with van der Waals surface area (Å²) >= 11 is 0. The smallest absolute Gasteiger partial charge is 0.306 e. The molecule has 38 heavy (non-hydrogen) atoms. The summed E-state index contributed by atoms with van der Waals surface area (Å²) in [6.45, 7) is 26.0. The molecular formula is C32H54O6. The van der Waals surface area contributed by atoms with Crippen LogP contribution in [0, 0.1) is 21.7 Å². The van der Waals surface area contributed by atoms with Crippen LogP contribution < -0.4 is 0 Å². The van der Waals surface area contributed by atoms with Gasteiger partial charge in [-0.1, -0.05) is 41.5 Å². The Kier molecular flexibility index (Phi) is 6.81. The molecule has 2 heterocycles. The highest BCUT2D eigenvalue weighted by atomic mass is 16.6. The number of hydrogen-bond donors (Lipinski definition) is 0. The van der Waals surface area contributed by atoms with Gasteiger partial charge in [0.15, 0.2) is 0 Å². The summed E-state index contributed by atoms with van der Waals surface area (Å²) in [7, 11) is 0. The molecule has 0 aromatic heterocycles. The van der Waals surface area contributed by atoms with Gasteiger partial charge in [-0.15, -0.1) is 0 Å². The van der Waals surface area contributed by atoms with Crippen LogP contribution in [0.5, 0.6) is 0 Å². The molecule has 6 nitrogen and oxygen atoms in total. The van der Waals surface area contributed by atoms with Crippen molar-refractivity contribution in [1.29, 1.82) is 0 Å². The number of rotatable bonds is 9. The molecule has 0 spiro atoms. The van der Waals surface area contributed by atoms with Gasteiger partial charge in [-0.25, -0.2) is 0 Å². The van der Waals surface area contributed by atoms with Gasteiger partial charge >= 0.3 is 11.9 Å². The number of fused-ring (bicyclic) bond motifs is 2. The Balaban J connectivity index is 1.26. The minimum absolute atomic E-state index is 0.128. The summed E-state index contributed by atoms with van der Waals surface area (Å²) in [4.78, 5) is 25.8. The number of carbonyl (C=O) groups is 2. The first-order valence-electron chi connectivity index (χ1n) is 14.9. The van der Waals surface area contributed by atoms with Crippen LogP contribution in [0.1, 0.15) is 134 Å². The zero-order chi connectivity index (χ0) is 28.8. The fraction of sp³-hybridized carbons (Fsp3) is 0.938. The minimum Gasteiger partial charge on any atom is -0.459 e. The molecule has 0 radical (unpaired) electrons. The Labute approximate surface area is 231 Å². The van der Waals surface area contributed by atoms with Crippen molar-refractivity contribution in [3.63, 3.8) is 0 Å². The second-order valence-corrected chi connectivity index (χ2v) is 15.6. The number of esters is 2. The van der Waals surface area contributed by atoms with E-state index in [1.165, 1.54) is 0 Å². The molecule has 0 amide bonds. The lowest BCUT2D eigenvalue weighted by Crippen LogP contribution is -2.60. The van der Waals surface area contributed by atoms with E-state index in [-0.39, 0.29) is 44.8 Å². The number of hydrogen-bond acceptors (Lipinski definition) is 6. The maximum absolute atomic E-state index is 12.9. The van der Waals surface area contributed by atoms with Crippen LogP contribution in [-0.2, 0) is 28.5 Å². The lowest BCUT2D eigenvalue weighted by Gasteiger charge is -2.57. The average Bonchev–Trinajstić information content (AvgIpc) is 3.66. The van der Waals surface area contributed by atoms with Crippen molar-refractivity contribution in [2.75, 3.05) is 0 Å². The van der Waals surface area contributed by atoms with Crippen molar-refractivity contribution >= 4 is 11.9 Å². The SMILES string of the molecule is CC(C)(OC(=O)CCCCC(=O)OC(C)(C)C1(C)CCC2OC2(C)C1(C)C)C1(C)CCC2OC2(C)C1(C)C. The van der Waals surface area contributed by atoms with Crippen LogP contribution in [0.4, 0.5) is 0 Å². The van der Waals surface area contributed by atoms with E-state index in [1.54, 1.807) is 0 Å². The van der Waals surface area contributed by atoms with Crippen molar-refractivity contribution in [3.8, 4) is 0 Å². The van der Waals surface area contributed by atoms with Gasteiger partial charge in [-0.2, -0.15) is 0 Å². The zero-order valence-electron chi connectivity index (χ0n) is 26.3. The molecule has 0 aromatic rings. The van der Waals surface area contributed by atoms with Crippen molar-refractivity contribution in [1.82, 2.24) is 0 Å². The topological polar surface area (TPSA) is 77.7 Å². The summed E-state index contributed by atoms with van der Waals surface area (Å²) < 4.78 is 24.4. The van der Waals surface area contributed by atoms with E-state index in [0.29, 0.717) is 37.9 Å². The fourth-order valence-electron chi connectivity index (χ4n) is 8.39. The van der Waals surface area contributed by atoms with E-state index >= 15 is 0 Å². The number of epoxide rings is 2. The third-order valence-corrected chi connectivity index (χ3v) is 13.3. The zero-order valence-corrected chi connectivity index (χ0v) is 26.3. The van der Waals surface area contributed by atoms with Gasteiger partial charge in [0.2, 0.25) is 0 Å². The molecule has 6 unspecified atom stereocenters. The summed E-state index contributed by atoms with van der Waals surface area (Å²) in [5, 5.41) is 0. The minimum atomic E-state index is -0.625. The number of unbranched alkanes of at least 4 members (excludes halogenated alkanes) is 1. The first-order chi connectivity index (χ1) is 17.1. The molecule has 4 aliphatic rings. The van der Waals surface area contributed by atoms with Crippen LogP contribution in [0.15, 0.2) is 0 Å². The molecule has 0 N–H and O–H groups in total. The van der Waals surface area contributed by atoms with Gasteiger partial charge in [0.25, 0.3) is 0 Å². The van der Waals surface area contributed by atoms with E-state index < -0.39 is 11.2 Å². The van der Waals surface area contributed by atoms with Gasteiger partial charge < -0.3 is 18.9 Å². The van der Waals surface area contributed by atoms with E-state index in [4.69, 9.17) is 18.9 Å². The first kappa shape index (κ1) is 29.8. The summed E-state index contributed by atoms with van der Waals surface area (Å²) in [5.74, 6) is -0.401. The third kappa shape index (κ3) is 4.01. The van der Waals surface area contributed by atoms with Crippen LogP contribution >= 0.6 is 0 Å². The Morgan fingerprint density at radius 1 is 0.658 bits per heavy atom. The maximum atomic E-state index is 12.9. The van der Waals surface area contributed by atoms with E-state index in [0.717, 1.165) is 25.7 Å². The first-order valence-corrected chi connectivity index (χ1v) is 14.9. The number of ether oxygens (including phenoxy) is 4. The van der Waals surface area contributed by atoms with Crippen molar-refractivity contribution in [2.45, 2.75) is 169 Å². The van der Waals surface area contributed by atoms with Gasteiger partial charge in [0, 0.05) is 34.5 Å². The molecule has 2 aliphatic carbocycles. The standard InChI is InChI=1S/C32H54O6/c1-25(2)29(9,19-17-21-31(25,11)35-21)27(5,6)37-23(33)15-13-14-16-24(34)38-28(7,8)30(10)20-18-22-32(12,36-22)26(30,3)4/h21-22H,13-20H2,1-12H3. The van der Waals surface area contributed by atoms with E-state index in [9.17, 15) is 9.59 Å². The molecule has 6 atom stereocenters. The third-order valence-electron chi connectivity index (χ3n) is 13.3. The van der Waals surface area contributed by atoms with Gasteiger partial charge in [0.05, 0.1) is 23.4 Å². The highest BCUT2D eigenvalue weighted by Crippen LogP contribution is 2.69. The predicted molar refractivity (Wildman–Crippen MR) is 148 cm³/mol. The fourth-order valence-corrected chi connectivity index (χ4v) is 8.39. The highest BCUT2D eigenvalue weighted by Gasteiger charge is 2.74. The van der Waals surface area contributed by atoms with Gasteiger partial charge in [-0.05, 0) is 80.1 Å². The maximum Gasteiger partial charge on any atom is 0.306 e. The Hall–Kier alpha value is -1.14. The second-order valence-electron chi connectivity index (χ2n) is 15.6. The molecule has 4 rings (SSSR count). The van der Waals surface area contributed by atoms with Crippen LogP contribution in [-0.4, -0.2) is 46.6 Å². The molecular weight excluding hydrogens is 480 g/mol. The summed E-state index contributed by atoms with van der Waals surface area (Å²) in [6.07, 6.45) is 6.36. The molecule has 0 aromatic carbocycles. The molecule has 2 saturated carbocycles. The van der Waals surface area contributed by atoms with Crippen molar-refractivity contribution < 1.29 is 28.5 Å². The normalized spacial score (nSPS) is 40.9. The predicted octanol–water partition coefficient (Wildman–Crippen LogP) is 7.16. The van der Waals surface area contributed by atoms with Crippen molar-refractivity contribution in [3.05, 3.63) is 0 Å². The quantitative estimate of drug-likeness (QED) is 0.177. The lowest BCUT2D eigenvalue weighted by molar-refractivity contribution is -0.195. The summed E-state index contributed by atoms with van der Waals surface area (Å²) in [6, 6.07) is 0. The summed E-state index contributed by atoms with van der Waals surface area (Å²) in [5.41, 5.74) is -2.25. The van der Waals surface area contributed by atoms with E-state index in [2.05, 4.69) is 55.4 Å². The molecule has 4 fully saturated rings. The van der Waals surface area contributed by atoms with Crippen LogP contribution in [0.2, 0.25) is 0 Å². The van der Waals surface area contributed by atoms with Gasteiger partial charge in [-0.3, -0.25) is 9.59 Å². The average molecular weight is 535 g/mol. The molecule has 2 aliphatic heterocycles. The van der Waals surface area contributed by atoms with Crippen LogP contribution in [0.25, 0.3) is 0 Å². The molecule has 0 bridgehead atoms. The van der Waals surface area contributed by atoms with Crippen LogP contribution in [0.3, 0.4) is 0 Å². The van der Waals surface area contributed by atoms with Gasteiger partial charge in [0.1, 0.15) is 11.2 Å². The highest BCUT2D eigenvalue weighted by molar-refractivity contribution is 5.71. The Morgan fingerprint density at radius 2 is 0.974 bits per heavy atom. The lowest BCUT2D eigenvalue weighted by atomic mass is 9.49. The van der Waals surface area contributed by atoms with E-state index in [1.807, 2.05) is 27.7 Å². The largest absolute Gasteiger partial charge is 0.459 e. The Bertz CT molecular complexity index is 902.